The van der Waals surface area contributed by atoms with Crippen LogP contribution in [0.1, 0.15) is 27.6 Å². The minimum Gasteiger partial charge on any atom is -0.380 e. The van der Waals surface area contributed by atoms with Crippen molar-refractivity contribution in [3.8, 4) is 0 Å². The van der Waals surface area contributed by atoms with Crippen LogP contribution in [0.5, 0.6) is 0 Å². The fraction of sp³-hybridized carbons (Fsp3) is 0.190. The van der Waals surface area contributed by atoms with Gasteiger partial charge in [-0.15, -0.1) is 11.3 Å². The molecule has 0 spiro atoms. The molecule has 0 bridgehead atoms. The second kappa shape index (κ2) is 9.17. The van der Waals surface area contributed by atoms with Gasteiger partial charge < -0.3 is 15.4 Å². The number of hydrogen-bond acceptors (Lipinski definition) is 3. The third-order valence-corrected chi connectivity index (χ3v) is 5.03. The third-order valence-electron chi connectivity index (χ3n) is 4.09. The summed E-state index contributed by atoms with van der Waals surface area (Å²) >= 11 is 1.63. The Kier molecular flexibility index (Phi) is 6.41. The van der Waals surface area contributed by atoms with Crippen molar-refractivity contribution >= 4 is 17.4 Å². The molecule has 1 heterocycles. The van der Waals surface area contributed by atoms with Crippen molar-refractivity contribution in [3.05, 3.63) is 93.7 Å². The van der Waals surface area contributed by atoms with Crippen LogP contribution in [0.25, 0.3) is 0 Å². The fourth-order valence-electron chi connectivity index (χ4n) is 2.80. The molecule has 0 radical (unpaired) electrons. The number of nitrogens with one attached hydrogen (secondary N) is 2. The molecule has 2 N–H and O–H groups in total. The number of methoxy groups -OCH3 is 1. The highest BCUT2D eigenvalue weighted by atomic mass is 32.1. The molecule has 4 nitrogen and oxygen atoms in total. The largest absolute Gasteiger partial charge is 0.380 e. The van der Waals surface area contributed by atoms with Gasteiger partial charge in [0.1, 0.15) is 0 Å². The van der Waals surface area contributed by atoms with Crippen LogP contribution in [0.2, 0.25) is 0 Å². The molecule has 0 fully saturated rings. The summed E-state index contributed by atoms with van der Waals surface area (Å²) in [5.41, 5.74) is 3.19. The van der Waals surface area contributed by atoms with Gasteiger partial charge in [-0.1, -0.05) is 60.7 Å². The number of ether oxygens (including phenoxy) is 1. The molecule has 3 aromatic rings. The first-order chi connectivity index (χ1) is 12.8. The van der Waals surface area contributed by atoms with Gasteiger partial charge in [0.25, 0.3) is 0 Å². The van der Waals surface area contributed by atoms with Crippen LogP contribution in [-0.4, -0.2) is 13.1 Å². The van der Waals surface area contributed by atoms with Gasteiger partial charge >= 0.3 is 6.03 Å². The Hall–Kier alpha value is -2.63. The quantitative estimate of drug-likeness (QED) is 0.648. The number of carbonyl (C=O) groups excluding carboxylic acids is 1. The van der Waals surface area contributed by atoms with Crippen LogP contribution < -0.4 is 10.6 Å². The van der Waals surface area contributed by atoms with Crippen molar-refractivity contribution in [2.45, 2.75) is 19.2 Å². The number of hydrogen-bond donors (Lipinski definition) is 2. The van der Waals surface area contributed by atoms with Crippen LogP contribution in [0.15, 0.2) is 72.1 Å². The van der Waals surface area contributed by atoms with Crippen LogP contribution in [0.4, 0.5) is 4.79 Å². The zero-order chi connectivity index (χ0) is 18.2. The minimum atomic E-state index is -0.195. The predicted octanol–water partition coefficient (Wildman–Crippen LogP) is 4.48. The number of carbonyl (C=O) groups is 1. The SMILES string of the molecule is COCc1ccccc1CNC(=O)NC(c1ccccc1)c1cccs1. The highest BCUT2D eigenvalue weighted by Crippen LogP contribution is 2.25. The first kappa shape index (κ1) is 18.2. The molecule has 1 atom stereocenters. The molecule has 3 rings (SSSR count). The van der Waals surface area contributed by atoms with Gasteiger partial charge in [0.15, 0.2) is 0 Å². The van der Waals surface area contributed by atoms with E-state index in [-0.39, 0.29) is 12.1 Å². The lowest BCUT2D eigenvalue weighted by Gasteiger charge is -2.19. The van der Waals surface area contributed by atoms with Crippen molar-refractivity contribution in [1.29, 1.82) is 0 Å². The molecule has 2 amide bonds. The van der Waals surface area contributed by atoms with E-state index in [9.17, 15) is 4.79 Å². The highest BCUT2D eigenvalue weighted by molar-refractivity contribution is 7.10. The summed E-state index contributed by atoms with van der Waals surface area (Å²) < 4.78 is 5.22. The number of thiophene rings is 1. The molecule has 26 heavy (non-hydrogen) atoms. The van der Waals surface area contributed by atoms with Crippen molar-refractivity contribution in [2.24, 2.45) is 0 Å². The molecular formula is C21H22N2O2S. The summed E-state index contributed by atoms with van der Waals surface area (Å²) in [6.45, 7) is 0.985. The van der Waals surface area contributed by atoms with Gasteiger partial charge in [0.05, 0.1) is 12.6 Å². The van der Waals surface area contributed by atoms with E-state index in [0.29, 0.717) is 13.2 Å². The average Bonchev–Trinajstić information content (AvgIpc) is 3.21. The van der Waals surface area contributed by atoms with E-state index >= 15 is 0 Å². The van der Waals surface area contributed by atoms with E-state index in [1.807, 2.05) is 72.1 Å². The third kappa shape index (κ3) is 4.71. The number of rotatable bonds is 7. The van der Waals surface area contributed by atoms with Gasteiger partial charge in [-0.05, 0) is 28.1 Å². The van der Waals surface area contributed by atoms with Gasteiger partial charge in [-0.3, -0.25) is 0 Å². The fourth-order valence-corrected chi connectivity index (χ4v) is 3.61. The summed E-state index contributed by atoms with van der Waals surface area (Å²) in [5.74, 6) is 0. The molecule has 2 aromatic carbocycles. The van der Waals surface area contributed by atoms with Gasteiger partial charge in [-0.25, -0.2) is 4.79 Å². The molecule has 1 unspecified atom stereocenters. The monoisotopic (exact) mass is 366 g/mol. The lowest BCUT2D eigenvalue weighted by molar-refractivity contribution is 0.184. The predicted molar refractivity (Wildman–Crippen MR) is 105 cm³/mol. The summed E-state index contributed by atoms with van der Waals surface area (Å²) in [6.07, 6.45) is 0. The van der Waals surface area contributed by atoms with E-state index in [0.717, 1.165) is 21.6 Å². The Balaban J connectivity index is 1.67. The van der Waals surface area contributed by atoms with E-state index in [1.165, 1.54) is 0 Å². The summed E-state index contributed by atoms with van der Waals surface area (Å²) in [4.78, 5) is 13.6. The lowest BCUT2D eigenvalue weighted by Crippen LogP contribution is -2.38. The van der Waals surface area contributed by atoms with E-state index in [4.69, 9.17) is 4.74 Å². The second-order valence-corrected chi connectivity index (χ2v) is 6.87. The van der Waals surface area contributed by atoms with E-state index < -0.39 is 0 Å². The van der Waals surface area contributed by atoms with Gasteiger partial charge in [0, 0.05) is 18.5 Å². The van der Waals surface area contributed by atoms with Crippen molar-refractivity contribution in [1.82, 2.24) is 10.6 Å². The Labute approximate surface area is 157 Å². The number of amides is 2. The normalized spacial score (nSPS) is 11.7. The second-order valence-electron chi connectivity index (χ2n) is 5.89. The zero-order valence-electron chi connectivity index (χ0n) is 14.6. The molecule has 5 heteroatoms. The lowest BCUT2D eigenvalue weighted by atomic mass is 10.1. The number of benzene rings is 2. The summed E-state index contributed by atoms with van der Waals surface area (Å²) in [5, 5.41) is 8.07. The molecule has 0 aliphatic heterocycles. The van der Waals surface area contributed by atoms with Crippen molar-refractivity contribution in [3.63, 3.8) is 0 Å². The maximum atomic E-state index is 12.5. The Morgan fingerprint density at radius 1 is 1.00 bits per heavy atom. The summed E-state index contributed by atoms with van der Waals surface area (Å²) in [6, 6.07) is 21.6. The standard InChI is InChI=1S/C21H22N2O2S/c1-25-15-18-11-6-5-10-17(18)14-22-21(24)23-20(19-12-7-13-26-19)16-8-3-2-4-9-16/h2-13,20H,14-15H2,1H3,(H2,22,23,24). The maximum absolute atomic E-state index is 12.5. The average molecular weight is 366 g/mol. The summed E-state index contributed by atoms with van der Waals surface area (Å²) in [7, 11) is 1.67. The highest BCUT2D eigenvalue weighted by Gasteiger charge is 2.17. The molecule has 0 saturated heterocycles. The van der Waals surface area contributed by atoms with Gasteiger partial charge in [-0.2, -0.15) is 0 Å². The molecule has 0 aliphatic rings. The maximum Gasteiger partial charge on any atom is 0.315 e. The van der Waals surface area contributed by atoms with Crippen LogP contribution in [-0.2, 0) is 17.9 Å². The Morgan fingerprint density at radius 2 is 1.73 bits per heavy atom. The first-order valence-electron chi connectivity index (χ1n) is 8.46. The minimum absolute atomic E-state index is 0.162. The van der Waals surface area contributed by atoms with Gasteiger partial charge in [0.2, 0.25) is 0 Å². The number of urea groups is 1. The molecule has 0 saturated carbocycles. The molecular weight excluding hydrogens is 344 g/mol. The van der Waals surface area contributed by atoms with Crippen LogP contribution in [0, 0.1) is 0 Å². The zero-order valence-corrected chi connectivity index (χ0v) is 15.5. The molecule has 134 valence electrons. The van der Waals surface area contributed by atoms with Crippen LogP contribution in [0.3, 0.4) is 0 Å². The molecule has 0 aliphatic carbocycles. The van der Waals surface area contributed by atoms with E-state index in [2.05, 4.69) is 10.6 Å². The Morgan fingerprint density at radius 3 is 2.42 bits per heavy atom. The topological polar surface area (TPSA) is 50.4 Å². The Bertz CT molecular complexity index is 819. The van der Waals surface area contributed by atoms with Crippen molar-refractivity contribution in [2.75, 3.05) is 7.11 Å². The van der Waals surface area contributed by atoms with E-state index in [1.54, 1.807) is 18.4 Å². The van der Waals surface area contributed by atoms with Crippen LogP contribution >= 0.6 is 11.3 Å². The smallest absolute Gasteiger partial charge is 0.315 e. The van der Waals surface area contributed by atoms with Crippen molar-refractivity contribution < 1.29 is 9.53 Å². The molecule has 1 aromatic heterocycles. The first-order valence-corrected chi connectivity index (χ1v) is 9.34.